The van der Waals surface area contributed by atoms with Gasteiger partial charge in [-0.3, -0.25) is 4.90 Å². The third-order valence-electron chi connectivity index (χ3n) is 5.18. The Labute approximate surface area is 144 Å². The molecule has 0 bridgehead atoms. The van der Waals surface area contributed by atoms with Crippen molar-refractivity contribution >= 4 is 0 Å². The zero-order chi connectivity index (χ0) is 16.4. The summed E-state index contributed by atoms with van der Waals surface area (Å²) in [5.74, 6) is 1.89. The van der Waals surface area contributed by atoms with E-state index in [2.05, 4.69) is 47.4 Å². The Morgan fingerprint density at radius 2 is 1.96 bits per heavy atom. The average molecular weight is 323 g/mol. The Morgan fingerprint density at radius 3 is 2.79 bits per heavy atom. The van der Waals surface area contributed by atoms with E-state index in [4.69, 9.17) is 9.47 Å². The number of ether oxygens (including phenoxy) is 2. The van der Waals surface area contributed by atoms with E-state index < -0.39 is 0 Å². The minimum atomic E-state index is 0.259. The molecule has 0 spiro atoms. The van der Waals surface area contributed by atoms with Crippen LogP contribution in [-0.2, 0) is 19.4 Å². The SMILES string of the molecule is COc1ccc2c(c1O[C@H]1CCN(Cc3ccccc3)C1)CCC2. The van der Waals surface area contributed by atoms with Crippen LogP contribution in [0.25, 0.3) is 0 Å². The van der Waals surface area contributed by atoms with Crippen molar-refractivity contribution < 1.29 is 9.47 Å². The molecule has 0 N–H and O–H groups in total. The smallest absolute Gasteiger partial charge is 0.165 e. The second-order valence-corrected chi connectivity index (χ2v) is 6.84. The molecule has 3 nitrogen and oxygen atoms in total. The monoisotopic (exact) mass is 323 g/mol. The first kappa shape index (κ1) is 15.5. The predicted octanol–water partition coefficient (Wildman–Crippen LogP) is 3.84. The number of hydrogen-bond donors (Lipinski definition) is 0. The number of aryl methyl sites for hydroxylation is 1. The maximum atomic E-state index is 6.44. The molecular weight excluding hydrogens is 298 g/mol. The first-order valence-corrected chi connectivity index (χ1v) is 8.95. The second kappa shape index (κ2) is 6.86. The van der Waals surface area contributed by atoms with Crippen LogP contribution in [0.15, 0.2) is 42.5 Å². The molecule has 2 aromatic rings. The Balaban J connectivity index is 1.45. The highest BCUT2D eigenvalue weighted by Crippen LogP contribution is 2.39. The van der Waals surface area contributed by atoms with E-state index in [0.717, 1.165) is 44.0 Å². The highest BCUT2D eigenvalue weighted by atomic mass is 16.5. The minimum Gasteiger partial charge on any atom is -0.493 e. The summed E-state index contributed by atoms with van der Waals surface area (Å²) in [5, 5.41) is 0. The van der Waals surface area contributed by atoms with Crippen molar-refractivity contribution in [1.82, 2.24) is 4.90 Å². The number of likely N-dealkylation sites (tertiary alicyclic amines) is 1. The van der Waals surface area contributed by atoms with Crippen molar-refractivity contribution in [3.63, 3.8) is 0 Å². The van der Waals surface area contributed by atoms with Gasteiger partial charge in [-0.1, -0.05) is 36.4 Å². The van der Waals surface area contributed by atoms with Gasteiger partial charge in [0, 0.05) is 25.2 Å². The molecule has 1 aliphatic heterocycles. The van der Waals surface area contributed by atoms with Crippen LogP contribution in [0.4, 0.5) is 0 Å². The fraction of sp³-hybridized carbons (Fsp3) is 0.429. The molecule has 0 unspecified atom stereocenters. The van der Waals surface area contributed by atoms with Gasteiger partial charge in [-0.2, -0.15) is 0 Å². The Morgan fingerprint density at radius 1 is 1.08 bits per heavy atom. The fourth-order valence-electron chi connectivity index (χ4n) is 3.95. The molecule has 126 valence electrons. The van der Waals surface area contributed by atoms with Crippen LogP contribution in [0.2, 0.25) is 0 Å². The van der Waals surface area contributed by atoms with Crippen molar-refractivity contribution in [2.75, 3.05) is 20.2 Å². The zero-order valence-corrected chi connectivity index (χ0v) is 14.3. The molecule has 0 saturated carbocycles. The van der Waals surface area contributed by atoms with Crippen molar-refractivity contribution in [3.05, 3.63) is 59.2 Å². The van der Waals surface area contributed by atoms with E-state index in [1.807, 2.05) is 0 Å². The van der Waals surface area contributed by atoms with E-state index >= 15 is 0 Å². The Hall–Kier alpha value is -2.00. The van der Waals surface area contributed by atoms with Crippen LogP contribution < -0.4 is 9.47 Å². The molecule has 3 heteroatoms. The molecule has 1 fully saturated rings. The standard InChI is InChI=1S/C21H25NO2/c1-23-20-11-10-17-8-5-9-19(17)21(20)24-18-12-13-22(15-18)14-16-6-3-2-4-7-16/h2-4,6-7,10-11,18H,5,8-9,12-15H2,1H3/t18-/m0/s1. The summed E-state index contributed by atoms with van der Waals surface area (Å²) in [5.41, 5.74) is 4.18. The summed E-state index contributed by atoms with van der Waals surface area (Å²) in [6.07, 6.45) is 4.85. The summed E-state index contributed by atoms with van der Waals surface area (Å²) < 4.78 is 12.0. The van der Waals surface area contributed by atoms with Gasteiger partial charge in [0.15, 0.2) is 11.5 Å². The number of hydrogen-bond acceptors (Lipinski definition) is 3. The molecular formula is C21H25NO2. The van der Waals surface area contributed by atoms with Crippen molar-refractivity contribution in [2.24, 2.45) is 0 Å². The summed E-state index contributed by atoms with van der Waals surface area (Å²) in [6.45, 7) is 3.09. The molecule has 2 aliphatic rings. The summed E-state index contributed by atoms with van der Waals surface area (Å²) in [6, 6.07) is 14.9. The molecule has 24 heavy (non-hydrogen) atoms. The van der Waals surface area contributed by atoms with Gasteiger partial charge in [-0.25, -0.2) is 0 Å². The lowest BCUT2D eigenvalue weighted by molar-refractivity contribution is 0.189. The predicted molar refractivity (Wildman–Crippen MR) is 95.8 cm³/mol. The number of nitrogens with zero attached hydrogens (tertiary/aromatic N) is 1. The third kappa shape index (κ3) is 3.13. The maximum absolute atomic E-state index is 6.44. The van der Waals surface area contributed by atoms with E-state index in [0.29, 0.717) is 0 Å². The Bertz CT molecular complexity index is 698. The van der Waals surface area contributed by atoms with Crippen molar-refractivity contribution in [2.45, 2.75) is 38.3 Å². The number of methoxy groups -OCH3 is 1. The summed E-state index contributed by atoms with van der Waals surface area (Å²) in [7, 11) is 1.74. The first-order chi connectivity index (χ1) is 11.8. The molecule has 4 rings (SSSR count). The van der Waals surface area contributed by atoms with Gasteiger partial charge in [0.2, 0.25) is 0 Å². The van der Waals surface area contributed by atoms with E-state index in [1.54, 1.807) is 7.11 Å². The van der Waals surface area contributed by atoms with E-state index in [1.165, 1.54) is 29.5 Å². The zero-order valence-electron chi connectivity index (χ0n) is 14.3. The van der Waals surface area contributed by atoms with Gasteiger partial charge in [0.1, 0.15) is 6.10 Å². The van der Waals surface area contributed by atoms with Gasteiger partial charge in [-0.05, 0) is 42.9 Å². The molecule has 1 atom stereocenters. The topological polar surface area (TPSA) is 21.7 Å². The molecule has 0 amide bonds. The van der Waals surface area contributed by atoms with Gasteiger partial charge in [0.25, 0.3) is 0 Å². The molecule has 1 aliphatic carbocycles. The van der Waals surface area contributed by atoms with Gasteiger partial charge >= 0.3 is 0 Å². The second-order valence-electron chi connectivity index (χ2n) is 6.84. The quantitative estimate of drug-likeness (QED) is 0.834. The highest BCUT2D eigenvalue weighted by Gasteiger charge is 2.27. The number of benzene rings is 2. The molecule has 0 radical (unpaired) electrons. The largest absolute Gasteiger partial charge is 0.493 e. The van der Waals surface area contributed by atoms with Crippen molar-refractivity contribution in [3.8, 4) is 11.5 Å². The normalized spacial score (nSPS) is 20.1. The van der Waals surface area contributed by atoms with E-state index in [-0.39, 0.29) is 6.10 Å². The van der Waals surface area contributed by atoms with Gasteiger partial charge in [-0.15, -0.1) is 0 Å². The van der Waals surface area contributed by atoms with Crippen LogP contribution >= 0.6 is 0 Å². The summed E-state index contributed by atoms with van der Waals surface area (Å²) in [4.78, 5) is 2.48. The van der Waals surface area contributed by atoms with Crippen LogP contribution in [-0.4, -0.2) is 31.2 Å². The lowest BCUT2D eigenvalue weighted by atomic mass is 10.1. The number of fused-ring (bicyclic) bond motifs is 1. The minimum absolute atomic E-state index is 0.259. The fourth-order valence-corrected chi connectivity index (χ4v) is 3.95. The molecule has 1 saturated heterocycles. The van der Waals surface area contributed by atoms with E-state index in [9.17, 15) is 0 Å². The molecule has 2 aromatic carbocycles. The molecule has 1 heterocycles. The van der Waals surface area contributed by atoms with Crippen LogP contribution in [0.5, 0.6) is 11.5 Å². The first-order valence-electron chi connectivity index (χ1n) is 8.95. The van der Waals surface area contributed by atoms with Crippen molar-refractivity contribution in [1.29, 1.82) is 0 Å². The number of rotatable bonds is 5. The molecule has 0 aromatic heterocycles. The summed E-state index contributed by atoms with van der Waals surface area (Å²) >= 11 is 0. The maximum Gasteiger partial charge on any atom is 0.165 e. The average Bonchev–Trinajstić information content (AvgIpc) is 3.25. The third-order valence-corrected chi connectivity index (χ3v) is 5.18. The van der Waals surface area contributed by atoms with Gasteiger partial charge in [0.05, 0.1) is 7.11 Å². The van der Waals surface area contributed by atoms with Crippen LogP contribution in [0.1, 0.15) is 29.5 Å². The Kier molecular flexibility index (Phi) is 4.44. The lowest BCUT2D eigenvalue weighted by Gasteiger charge is -2.20. The van der Waals surface area contributed by atoms with Crippen LogP contribution in [0.3, 0.4) is 0 Å². The lowest BCUT2D eigenvalue weighted by Crippen LogP contribution is -2.25. The van der Waals surface area contributed by atoms with Gasteiger partial charge < -0.3 is 9.47 Å². The highest BCUT2D eigenvalue weighted by molar-refractivity contribution is 5.52. The van der Waals surface area contributed by atoms with Crippen LogP contribution in [0, 0.1) is 0 Å².